The molecule has 1 fully saturated rings. The first-order chi connectivity index (χ1) is 10.2. The number of para-hydroxylation sites is 2. The summed E-state index contributed by atoms with van der Waals surface area (Å²) in [6.45, 7) is 1.94. The number of carbonyl (C=O) groups is 1. The molecule has 0 spiro atoms. The Labute approximate surface area is 129 Å². The highest BCUT2D eigenvalue weighted by Crippen LogP contribution is 2.24. The van der Waals surface area contributed by atoms with Crippen molar-refractivity contribution in [3.8, 4) is 0 Å². The Kier molecular flexibility index (Phi) is 4.48. The van der Waals surface area contributed by atoms with Gasteiger partial charge in [0.1, 0.15) is 0 Å². The summed E-state index contributed by atoms with van der Waals surface area (Å²) >= 11 is 1.49. The minimum Gasteiger partial charge on any atom is -0.352 e. The third-order valence-electron chi connectivity index (χ3n) is 3.98. The molecule has 3 rings (SSSR count). The van der Waals surface area contributed by atoms with E-state index in [1.165, 1.54) is 31.0 Å². The van der Waals surface area contributed by atoms with Crippen molar-refractivity contribution in [3.63, 3.8) is 0 Å². The number of benzene rings is 1. The summed E-state index contributed by atoms with van der Waals surface area (Å²) in [6, 6.07) is 8.29. The molecule has 1 heterocycles. The van der Waals surface area contributed by atoms with E-state index in [0.717, 1.165) is 29.0 Å². The van der Waals surface area contributed by atoms with Crippen molar-refractivity contribution >= 4 is 28.7 Å². The summed E-state index contributed by atoms with van der Waals surface area (Å²) in [4.78, 5) is 20.0. The highest BCUT2D eigenvalue weighted by Gasteiger charge is 2.21. The first kappa shape index (κ1) is 14.4. The molecule has 1 atom stereocenters. The number of hydrogen-bond acceptors (Lipinski definition) is 3. The second-order valence-electron chi connectivity index (χ2n) is 5.66. The number of amides is 1. The van der Waals surface area contributed by atoms with Crippen LogP contribution in [0.1, 0.15) is 39.0 Å². The molecule has 5 heteroatoms. The van der Waals surface area contributed by atoms with E-state index in [1.807, 2.05) is 31.2 Å². The lowest BCUT2D eigenvalue weighted by Gasteiger charge is -2.24. The highest BCUT2D eigenvalue weighted by atomic mass is 32.2. The number of nitrogens with one attached hydrogen (secondary N) is 2. The summed E-state index contributed by atoms with van der Waals surface area (Å²) in [6.07, 6.45) is 6.00. The number of hydrogen-bond donors (Lipinski definition) is 2. The van der Waals surface area contributed by atoms with Gasteiger partial charge in [-0.1, -0.05) is 43.2 Å². The smallest absolute Gasteiger partial charge is 0.233 e. The maximum atomic E-state index is 12.3. The molecule has 1 aromatic carbocycles. The van der Waals surface area contributed by atoms with E-state index in [-0.39, 0.29) is 11.2 Å². The van der Waals surface area contributed by atoms with Crippen LogP contribution in [0.4, 0.5) is 0 Å². The Hall–Kier alpha value is -1.49. The molecule has 2 N–H and O–H groups in total. The molecule has 112 valence electrons. The first-order valence-electron chi connectivity index (χ1n) is 7.64. The van der Waals surface area contributed by atoms with Gasteiger partial charge in [-0.15, -0.1) is 0 Å². The zero-order chi connectivity index (χ0) is 14.7. The third-order valence-corrected chi connectivity index (χ3v) is 4.96. The SMILES string of the molecule is C[C@H](Sc1nc2ccccc2[nH]1)C(=O)NC1CCCCC1. The number of aromatic amines is 1. The number of fused-ring (bicyclic) bond motifs is 1. The third kappa shape index (κ3) is 3.59. The van der Waals surface area contributed by atoms with Crippen LogP contribution in [0.2, 0.25) is 0 Å². The van der Waals surface area contributed by atoms with Crippen molar-refractivity contribution in [1.82, 2.24) is 15.3 Å². The minimum atomic E-state index is -0.132. The van der Waals surface area contributed by atoms with Crippen LogP contribution in [-0.4, -0.2) is 27.2 Å². The molecule has 2 aromatic rings. The van der Waals surface area contributed by atoms with Crippen molar-refractivity contribution in [2.75, 3.05) is 0 Å². The van der Waals surface area contributed by atoms with Crippen molar-refractivity contribution in [1.29, 1.82) is 0 Å². The molecule has 0 saturated heterocycles. The number of rotatable bonds is 4. The number of aromatic nitrogens is 2. The van der Waals surface area contributed by atoms with E-state index in [1.54, 1.807) is 0 Å². The van der Waals surface area contributed by atoms with Gasteiger partial charge in [0.05, 0.1) is 16.3 Å². The Bertz CT molecular complexity index is 586. The van der Waals surface area contributed by atoms with Crippen LogP contribution < -0.4 is 5.32 Å². The van der Waals surface area contributed by atoms with Crippen LogP contribution in [0, 0.1) is 0 Å². The lowest BCUT2D eigenvalue weighted by atomic mass is 9.95. The van der Waals surface area contributed by atoms with E-state index in [4.69, 9.17) is 0 Å². The van der Waals surface area contributed by atoms with Crippen molar-refractivity contribution < 1.29 is 4.79 Å². The molecular formula is C16H21N3OS. The van der Waals surface area contributed by atoms with Gasteiger partial charge >= 0.3 is 0 Å². The second-order valence-corrected chi connectivity index (χ2v) is 6.99. The van der Waals surface area contributed by atoms with Crippen LogP contribution in [0.15, 0.2) is 29.4 Å². The lowest BCUT2D eigenvalue weighted by Crippen LogP contribution is -2.40. The second kappa shape index (κ2) is 6.52. The van der Waals surface area contributed by atoms with Gasteiger partial charge in [0, 0.05) is 6.04 Å². The summed E-state index contributed by atoms with van der Waals surface area (Å²) in [5.41, 5.74) is 1.96. The van der Waals surface area contributed by atoms with E-state index in [9.17, 15) is 4.79 Å². The quantitative estimate of drug-likeness (QED) is 0.850. The average molecular weight is 303 g/mol. The topological polar surface area (TPSA) is 57.8 Å². The summed E-state index contributed by atoms with van der Waals surface area (Å²) < 4.78 is 0. The molecule has 1 amide bonds. The Morgan fingerprint density at radius 3 is 2.86 bits per heavy atom. The van der Waals surface area contributed by atoms with Crippen LogP contribution in [0.25, 0.3) is 11.0 Å². The fourth-order valence-electron chi connectivity index (χ4n) is 2.77. The molecule has 1 aromatic heterocycles. The zero-order valence-electron chi connectivity index (χ0n) is 12.3. The molecule has 0 aliphatic heterocycles. The zero-order valence-corrected chi connectivity index (χ0v) is 13.1. The molecule has 0 bridgehead atoms. The monoisotopic (exact) mass is 303 g/mol. The summed E-state index contributed by atoms with van der Waals surface area (Å²) in [5.74, 6) is 0.118. The largest absolute Gasteiger partial charge is 0.352 e. The maximum absolute atomic E-state index is 12.3. The van der Waals surface area contributed by atoms with Gasteiger partial charge in [-0.25, -0.2) is 4.98 Å². The summed E-state index contributed by atoms with van der Waals surface area (Å²) in [5, 5.41) is 3.85. The van der Waals surface area contributed by atoms with Crippen molar-refractivity contribution in [2.45, 2.75) is 55.5 Å². The first-order valence-corrected chi connectivity index (χ1v) is 8.52. The van der Waals surface area contributed by atoms with Gasteiger partial charge < -0.3 is 10.3 Å². The molecule has 21 heavy (non-hydrogen) atoms. The molecule has 0 radical (unpaired) electrons. The van der Waals surface area contributed by atoms with E-state index < -0.39 is 0 Å². The van der Waals surface area contributed by atoms with Gasteiger partial charge in [0.15, 0.2) is 5.16 Å². The molecule has 1 saturated carbocycles. The van der Waals surface area contributed by atoms with Crippen molar-refractivity contribution in [2.24, 2.45) is 0 Å². The van der Waals surface area contributed by atoms with Gasteiger partial charge in [0.25, 0.3) is 0 Å². The molecule has 1 aliphatic carbocycles. The molecule has 4 nitrogen and oxygen atoms in total. The molecule has 0 unspecified atom stereocenters. The number of thioether (sulfide) groups is 1. The van der Waals surface area contributed by atoms with E-state index in [2.05, 4.69) is 15.3 Å². The maximum Gasteiger partial charge on any atom is 0.233 e. The predicted molar refractivity (Wildman–Crippen MR) is 86.4 cm³/mol. The van der Waals surface area contributed by atoms with Crippen LogP contribution >= 0.6 is 11.8 Å². The molecular weight excluding hydrogens is 282 g/mol. The Morgan fingerprint density at radius 2 is 2.10 bits per heavy atom. The van der Waals surface area contributed by atoms with Crippen LogP contribution in [0.3, 0.4) is 0 Å². The Balaban J connectivity index is 1.59. The number of carbonyl (C=O) groups excluding carboxylic acids is 1. The standard InChI is InChI=1S/C16H21N3OS/c1-11(15(20)17-12-7-3-2-4-8-12)21-16-18-13-9-5-6-10-14(13)19-16/h5-6,9-12H,2-4,7-8H2,1H3,(H,17,20)(H,18,19)/t11-/m0/s1. The normalized spacial score (nSPS) is 17.8. The van der Waals surface area contributed by atoms with Gasteiger partial charge in [0.2, 0.25) is 5.91 Å². The molecule has 1 aliphatic rings. The van der Waals surface area contributed by atoms with Crippen molar-refractivity contribution in [3.05, 3.63) is 24.3 Å². The number of H-pyrrole nitrogens is 1. The van der Waals surface area contributed by atoms with Gasteiger partial charge in [-0.05, 0) is 31.9 Å². The minimum absolute atomic E-state index is 0.118. The highest BCUT2D eigenvalue weighted by molar-refractivity contribution is 8.00. The lowest BCUT2D eigenvalue weighted by molar-refractivity contribution is -0.121. The number of imidazole rings is 1. The fraction of sp³-hybridized carbons (Fsp3) is 0.500. The van der Waals surface area contributed by atoms with Gasteiger partial charge in [-0.2, -0.15) is 0 Å². The average Bonchev–Trinajstić information content (AvgIpc) is 2.90. The van der Waals surface area contributed by atoms with Crippen LogP contribution in [0.5, 0.6) is 0 Å². The van der Waals surface area contributed by atoms with Crippen LogP contribution in [-0.2, 0) is 4.79 Å². The fourth-order valence-corrected chi connectivity index (χ4v) is 3.60. The summed E-state index contributed by atoms with van der Waals surface area (Å²) in [7, 11) is 0. The van der Waals surface area contributed by atoms with E-state index >= 15 is 0 Å². The number of nitrogens with zero attached hydrogens (tertiary/aromatic N) is 1. The predicted octanol–water partition coefficient (Wildman–Crippen LogP) is 3.49. The van der Waals surface area contributed by atoms with Gasteiger partial charge in [-0.3, -0.25) is 4.79 Å². The van der Waals surface area contributed by atoms with E-state index in [0.29, 0.717) is 6.04 Å². The Morgan fingerprint density at radius 1 is 1.33 bits per heavy atom.